The SMILES string of the molecule is CCCC(CN)CN1CCC(N(CC)CC)C1. The van der Waals surface area contributed by atoms with Gasteiger partial charge in [-0.25, -0.2) is 0 Å². The molecule has 1 heterocycles. The highest BCUT2D eigenvalue weighted by atomic mass is 15.2. The summed E-state index contributed by atoms with van der Waals surface area (Å²) in [5, 5.41) is 0. The molecule has 0 radical (unpaired) electrons. The lowest BCUT2D eigenvalue weighted by atomic mass is 10.0. The Balaban J connectivity index is 2.33. The van der Waals surface area contributed by atoms with E-state index in [-0.39, 0.29) is 0 Å². The van der Waals surface area contributed by atoms with Gasteiger partial charge in [0.2, 0.25) is 0 Å². The normalized spacial score (nSPS) is 23.5. The molecule has 0 aromatic carbocycles. The molecule has 3 nitrogen and oxygen atoms in total. The van der Waals surface area contributed by atoms with Gasteiger partial charge < -0.3 is 10.6 Å². The lowest BCUT2D eigenvalue weighted by molar-refractivity contribution is 0.200. The predicted octanol–water partition coefficient (Wildman–Crippen LogP) is 1.78. The maximum absolute atomic E-state index is 5.85. The monoisotopic (exact) mass is 241 g/mol. The van der Waals surface area contributed by atoms with Gasteiger partial charge in [-0.05, 0) is 44.9 Å². The van der Waals surface area contributed by atoms with E-state index in [1.165, 1.54) is 52.0 Å². The van der Waals surface area contributed by atoms with Crippen molar-refractivity contribution in [3.05, 3.63) is 0 Å². The zero-order valence-electron chi connectivity index (χ0n) is 12.0. The molecule has 0 aliphatic carbocycles. The fourth-order valence-corrected chi connectivity index (χ4v) is 3.07. The van der Waals surface area contributed by atoms with Crippen molar-refractivity contribution in [2.75, 3.05) is 39.3 Å². The first-order valence-electron chi connectivity index (χ1n) is 7.41. The molecule has 0 aromatic heterocycles. The van der Waals surface area contributed by atoms with Gasteiger partial charge in [-0.3, -0.25) is 4.90 Å². The summed E-state index contributed by atoms with van der Waals surface area (Å²) < 4.78 is 0. The molecular weight excluding hydrogens is 210 g/mol. The molecule has 1 aliphatic heterocycles. The van der Waals surface area contributed by atoms with Crippen LogP contribution < -0.4 is 5.73 Å². The van der Waals surface area contributed by atoms with Gasteiger partial charge in [0.1, 0.15) is 0 Å². The molecule has 0 spiro atoms. The summed E-state index contributed by atoms with van der Waals surface area (Å²) in [4.78, 5) is 5.22. The smallest absolute Gasteiger partial charge is 0.0235 e. The van der Waals surface area contributed by atoms with E-state index in [1.807, 2.05) is 0 Å². The molecule has 1 saturated heterocycles. The Morgan fingerprint density at radius 3 is 2.53 bits per heavy atom. The second-order valence-corrected chi connectivity index (χ2v) is 5.31. The van der Waals surface area contributed by atoms with Crippen LogP contribution in [0.3, 0.4) is 0 Å². The van der Waals surface area contributed by atoms with E-state index in [0.29, 0.717) is 5.92 Å². The van der Waals surface area contributed by atoms with Crippen LogP contribution >= 0.6 is 0 Å². The second-order valence-electron chi connectivity index (χ2n) is 5.31. The van der Waals surface area contributed by atoms with Crippen LogP contribution in [0, 0.1) is 5.92 Å². The van der Waals surface area contributed by atoms with Gasteiger partial charge in [0, 0.05) is 19.1 Å². The summed E-state index contributed by atoms with van der Waals surface area (Å²) in [6.45, 7) is 13.7. The van der Waals surface area contributed by atoms with E-state index in [0.717, 1.165) is 12.6 Å². The maximum atomic E-state index is 5.85. The van der Waals surface area contributed by atoms with Crippen LogP contribution in [0.2, 0.25) is 0 Å². The van der Waals surface area contributed by atoms with Crippen molar-refractivity contribution in [2.45, 2.75) is 46.1 Å². The minimum atomic E-state index is 0.704. The Bertz CT molecular complexity index is 192. The lowest BCUT2D eigenvalue weighted by Crippen LogP contribution is -2.38. The van der Waals surface area contributed by atoms with Crippen LogP contribution in [0.25, 0.3) is 0 Å². The van der Waals surface area contributed by atoms with Crippen molar-refractivity contribution in [1.82, 2.24) is 9.80 Å². The molecule has 102 valence electrons. The number of nitrogens with zero attached hydrogens (tertiary/aromatic N) is 2. The molecule has 3 heteroatoms. The first-order chi connectivity index (χ1) is 8.24. The van der Waals surface area contributed by atoms with Crippen molar-refractivity contribution in [1.29, 1.82) is 0 Å². The van der Waals surface area contributed by atoms with Crippen LogP contribution in [0.4, 0.5) is 0 Å². The molecule has 0 amide bonds. The lowest BCUT2D eigenvalue weighted by Gasteiger charge is -2.27. The standard InChI is InChI=1S/C14H31N3/c1-4-7-13(10-15)11-16-9-8-14(12-16)17(5-2)6-3/h13-14H,4-12,15H2,1-3H3. The second kappa shape index (κ2) is 8.06. The minimum Gasteiger partial charge on any atom is -0.330 e. The molecule has 0 saturated carbocycles. The third-order valence-electron chi connectivity index (χ3n) is 4.12. The third-order valence-corrected chi connectivity index (χ3v) is 4.12. The largest absolute Gasteiger partial charge is 0.330 e. The van der Waals surface area contributed by atoms with E-state index in [9.17, 15) is 0 Å². The zero-order valence-corrected chi connectivity index (χ0v) is 12.0. The van der Waals surface area contributed by atoms with Crippen LogP contribution in [0.1, 0.15) is 40.0 Å². The van der Waals surface area contributed by atoms with Gasteiger partial charge >= 0.3 is 0 Å². The number of hydrogen-bond acceptors (Lipinski definition) is 3. The molecule has 0 aromatic rings. The highest BCUT2D eigenvalue weighted by Crippen LogP contribution is 2.17. The molecule has 2 atom stereocenters. The fraction of sp³-hybridized carbons (Fsp3) is 1.00. The number of likely N-dealkylation sites (N-methyl/N-ethyl adjacent to an activating group) is 1. The van der Waals surface area contributed by atoms with Gasteiger partial charge in [-0.15, -0.1) is 0 Å². The van der Waals surface area contributed by atoms with Gasteiger partial charge in [-0.2, -0.15) is 0 Å². The number of hydrogen-bond donors (Lipinski definition) is 1. The van der Waals surface area contributed by atoms with Crippen molar-refractivity contribution in [2.24, 2.45) is 11.7 Å². The van der Waals surface area contributed by atoms with Crippen molar-refractivity contribution in [3.8, 4) is 0 Å². The summed E-state index contributed by atoms with van der Waals surface area (Å²) >= 11 is 0. The summed E-state index contributed by atoms with van der Waals surface area (Å²) in [6, 6.07) is 0.782. The molecule has 1 rings (SSSR count). The van der Waals surface area contributed by atoms with Gasteiger partial charge in [0.05, 0.1) is 0 Å². The van der Waals surface area contributed by atoms with Crippen LogP contribution in [-0.4, -0.2) is 55.1 Å². The molecule has 1 fully saturated rings. The Morgan fingerprint density at radius 2 is 2.00 bits per heavy atom. The van der Waals surface area contributed by atoms with Gasteiger partial charge in [0.25, 0.3) is 0 Å². The first kappa shape index (κ1) is 14.9. The van der Waals surface area contributed by atoms with E-state index in [1.54, 1.807) is 0 Å². The van der Waals surface area contributed by atoms with Crippen LogP contribution in [0.15, 0.2) is 0 Å². The molecule has 2 N–H and O–H groups in total. The summed E-state index contributed by atoms with van der Waals surface area (Å²) in [7, 11) is 0. The topological polar surface area (TPSA) is 32.5 Å². The Kier molecular flexibility index (Phi) is 7.09. The average Bonchev–Trinajstić information content (AvgIpc) is 2.79. The van der Waals surface area contributed by atoms with E-state index in [4.69, 9.17) is 5.73 Å². The van der Waals surface area contributed by atoms with Crippen molar-refractivity contribution >= 4 is 0 Å². The molecule has 17 heavy (non-hydrogen) atoms. The van der Waals surface area contributed by atoms with Crippen LogP contribution in [-0.2, 0) is 0 Å². The van der Waals surface area contributed by atoms with E-state index < -0.39 is 0 Å². The summed E-state index contributed by atoms with van der Waals surface area (Å²) in [6.07, 6.45) is 3.88. The van der Waals surface area contributed by atoms with E-state index >= 15 is 0 Å². The minimum absolute atomic E-state index is 0.704. The number of likely N-dealkylation sites (tertiary alicyclic amines) is 1. The number of nitrogens with two attached hydrogens (primary N) is 1. The summed E-state index contributed by atoms with van der Waals surface area (Å²) in [5.74, 6) is 0.704. The maximum Gasteiger partial charge on any atom is 0.0235 e. The van der Waals surface area contributed by atoms with Gasteiger partial charge in [0.15, 0.2) is 0 Å². The molecule has 1 aliphatic rings. The Labute approximate surface area is 107 Å². The molecular formula is C14H31N3. The Hall–Kier alpha value is -0.120. The average molecular weight is 241 g/mol. The van der Waals surface area contributed by atoms with Crippen molar-refractivity contribution < 1.29 is 0 Å². The highest BCUT2D eigenvalue weighted by Gasteiger charge is 2.26. The van der Waals surface area contributed by atoms with Crippen LogP contribution in [0.5, 0.6) is 0 Å². The highest BCUT2D eigenvalue weighted by molar-refractivity contribution is 4.83. The number of rotatable bonds is 8. The third kappa shape index (κ3) is 4.57. The van der Waals surface area contributed by atoms with E-state index in [2.05, 4.69) is 30.6 Å². The zero-order chi connectivity index (χ0) is 12.7. The molecule has 2 unspecified atom stereocenters. The Morgan fingerprint density at radius 1 is 1.29 bits per heavy atom. The molecule has 0 bridgehead atoms. The predicted molar refractivity (Wildman–Crippen MR) is 75.2 cm³/mol. The first-order valence-corrected chi connectivity index (χ1v) is 7.41. The quantitative estimate of drug-likeness (QED) is 0.703. The van der Waals surface area contributed by atoms with Gasteiger partial charge in [-0.1, -0.05) is 27.2 Å². The van der Waals surface area contributed by atoms with Crippen molar-refractivity contribution in [3.63, 3.8) is 0 Å². The summed E-state index contributed by atoms with van der Waals surface area (Å²) in [5.41, 5.74) is 5.85. The fourth-order valence-electron chi connectivity index (χ4n) is 3.07.